The molecule has 0 radical (unpaired) electrons. The van der Waals surface area contributed by atoms with Gasteiger partial charge in [0.2, 0.25) is 11.5 Å². The SMILES string of the molecule is O=C(Oc1ccccc1OC(=O)c1cc(O)c(O)c(O)c1)c1cc(O)c(O)c(O)c1.O=C(Oc1ccccc1OC(=O)c1cc(OCc2ccccc2)c(OCc2ccccc2)c(OCc2ccccc2)c1)c1cc(OCc2ccccc2)c(OCc2ccccc2)c(OCc2ccccc2)c1. The van der Waals surface area contributed by atoms with E-state index in [1.54, 1.807) is 48.5 Å². The van der Waals surface area contributed by atoms with E-state index in [1.165, 1.54) is 24.3 Å². The van der Waals surface area contributed by atoms with Crippen molar-refractivity contribution >= 4 is 23.9 Å². The molecule has 0 aromatic heterocycles. The lowest BCUT2D eigenvalue weighted by atomic mass is 10.1. The Labute approximate surface area is 584 Å². The largest absolute Gasteiger partial charge is 0.504 e. The summed E-state index contributed by atoms with van der Waals surface area (Å²) in [5.41, 5.74) is 5.07. The first kappa shape index (κ1) is 69.5. The van der Waals surface area contributed by atoms with Crippen molar-refractivity contribution in [3.05, 3.63) is 335 Å². The molecule has 512 valence electrons. The molecular formula is C82H64O20. The van der Waals surface area contributed by atoms with Gasteiger partial charge in [-0.1, -0.05) is 206 Å². The van der Waals surface area contributed by atoms with Crippen molar-refractivity contribution in [2.24, 2.45) is 0 Å². The molecule has 12 rings (SSSR count). The van der Waals surface area contributed by atoms with Crippen molar-refractivity contribution in [1.29, 1.82) is 0 Å². The van der Waals surface area contributed by atoms with Crippen molar-refractivity contribution in [3.63, 3.8) is 0 Å². The number of ether oxygens (including phenoxy) is 10. The average Bonchev–Trinajstić information content (AvgIpc) is 0.814. The Morgan fingerprint density at radius 1 is 0.216 bits per heavy atom. The molecule has 20 heteroatoms. The number of hydrogen-bond acceptors (Lipinski definition) is 20. The summed E-state index contributed by atoms with van der Waals surface area (Å²) in [4.78, 5) is 53.4. The van der Waals surface area contributed by atoms with Gasteiger partial charge >= 0.3 is 23.9 Å². The monoisotopic (exact) mass is 1370 g/mol. The number of carbonyl (C=O) groups excluding carboxylic acids is 4. The zero-order valence-electron chi connectivity index (χ0n) is 54.2. The second-order valence-corrected chi connectivity index (χ2v) is 22.4. The van der Waals surface area contributed by atoms with Crippen LogP contribution in [0, 0.1) is 0 Å². The fourth-order valence-corrected chi connectivity index (χ4v) is 9.82. The zero-order valence-corrected chi connectivity index (χ0v) is 54.2. The quantitative estimate of drug-likeness (QED) is 0.0167. The van der Waals surface area contributed by atoms with Crippen LogP contribution < -0.4 is 47.4 Å². The number of aromatic hydroxyl groups is 6. The molecule has 0 aliphatic rings. The molecule has 12 aromatic rings. The van der Waals surface area contributed by atoms with Crippen LogP contribution in [0.5, 0.6) is 92.0 Å². The summed E-state index contributed by atoms with van der Waals surface area (Å²) in [6.07, 6.45) is 0. The van der Waals surface area contributed by atoms with E-state index >= 15 is 0 Å². The molecule has 102 heavy (non-hydrogen) atoms. The summed E-state index contributed by atoms with van der Waals surface area (Å²) in [5.74, 6) is -6.93. The van der Waals surface area contributed by atoms with Gasteiger partial charge in [0, 0.05) is 0 Å². The van der Waals surface area contributed by atoms with E-state index in [1.807, 2.05) is 182 Å². The van der Waals surface area contributed by atoms with Crippen molar-refractivity contribution < 1.29 is 97.2 Å². The fraction of sp³-hybridized carbons (Fsp3) is 0.0732. The van der Waals surface area contributed by atoms with E-state index in [0.29, 0.717) is 11.5 Å². The van der Waals surface area contributed by atoms with E-state index in [2.05, 4.69) is 0 Å². The second-order valence-electron chi connectivity index (χ2n) is 22.4. The number of phenols is 6. The predicted molar refractivity (Wildman–Crippen MR) is 373 cm³/mol. The number of phenolic OH excluding ortho intramolecular Hbond substituents is 6. The van der Waals surface area contributed by atoms with Crippen LogP contribution in [0.1, 0.15) is 74.8 Å². The molecule has 0 unspecified atom stereocenters. The Hall–Kier alpha value is -13.9. The van der Waals surface area contributed by atoms with Crippen LogP contribution in [0.25, 0.3) is 0 Å². The molecule has 0 saturated carbocycles. The lowest BCUT2D eigenvalue weighted by Gasteiger charge is -2.19. The first-order valence-electron chi connectivity index (χ1n) is 31.6. The predicted octanol–water partition coefficient (Wildman–Crippen LogP) is 16.0. The van der Waals surface area contributed by atoms with Crippen molar-refractivity contribution in [2.75, 3.05) is 0 Å². The molecule has 20 nitrogen and oxygen atoms in total. The molecule has 0 bridgehead atoms. The molecule has 0 fully saturated rings. The fourth-order valence-electron chi connectivity index (χ4n) is 9.82. The van der Waals surface area contributed by atoms with Crippen LogP contribution >= 0.6 is 0 Å². The summed E-state index contributed by atoms with van der Waals surface area (Å²) < 4.78 is 60.9. The van der Waals surface area contributed by atoms with Gasteiger partial charge in [-0.25, -0.2) is 19.2 Å². The highest BCUT2D eigenvalue weighted by Gasteiger charge is 2.26. The Bertz CT molecular complexity index is 4370. The highest BCUT2D eigenvalue weighted by Crippen LogP contribution is 2.44. The summed E-state index contributed by atoms with van der Waals surface area (Å²) in [6, 6.07) is 79.8. The standard InChI is InChI=1S/C62H50O10.C20H14O10/c63-61(51-35-55(65-39-45-21-7-1-8-22-45)59(69-43-49-29-15-5-16-30-49)56(36-51)66-40-46-23-9-2-10-24-46)71-53-33-19-20-34-54(53)72-62(64)52-37-57(67-41-47-25-11-3-12-26-47)60(70-44-50-31-17-6-18-32-50)58(38-52)68-42-48-27-13-4-14-28-48;21-11-5-9(6-12(22)17(11)25)19(27)29-15-3-1-2-4-16(15)30-20(28)10-7-13(23)18(26)14(24)8-10/h1-38H,39-44H2;1-8,21-26H. The smallest absolute Gasteiger partial charge is 0.343 e. The first-order chi connectivity index (χ1) is 49.7. The zero-order chi connectivity index (χ0) is 71.2. The van der Waals surface area contributed by atoms with Gasteiger partial charge < -0.3 is 78.0 Å². The molecule has 0 aliphatic heterocycles. The van der Waals surface area contributed by atoms with E-state index in [4.69, 9.17) is 47.4 Å². The molecule has 0 spiro atoms. The number of hydrogen-bond donors (Lipinski definition) is 6. The van der Waals surface area contributed by atoms with Crippen LogP contribution in [0.4, 0.5) is 0 Å². The molecule has 0 atom stereocenters. The maximum atomic E-state index is 14.4. The maximum Gasteiger partial charge on any atom is 0.343 e. The third-order valence-electron chi connectivity index (χ3n) is 15.0. The van der Waals surface area contributed by atoms with Gasteiger partial charge in [0.05, 0.1) is 22.3 Å². The molecule has 6 N–H and O–H groups in total. The summed E-state index contributed by atoms with van der Waals surface area (Å²) in [7, 11) is 0. The van der Waals surface area contributed by atoms with Crippen molar-refractivity contribution in [2.45, 2.75) is 39.6 Å². The Kier molecular flexibility index (Phi) is 23.1. The highest BCUT2D eigenvalue weighted by molar-refractivity contribution is 5.96. The molecule has 0 aliphatic carbocycles. The molecule has 0 amide bonds. The highest BCUT2D eigenvalue weighted by atomic mass is 16.6. The van der Waals surface area contributed by atoms with Crippen LogP contribution in [0.15, 0.2) is 279 Å². The Morgan fingerprint density at radius 2 is 0.392 bits per heavy atom. The lowest BCUT2D eigenvalue weighted by molar-refractivity contribution is 0.0681. The molecule has 0 heterocycles. The first-order valence-corrected chi connectivity index (χ1v) is 31.6. The van der Waals surface area contributed by atoms with E-state index in [-0.39, 0.29) is 108 Å². The topological polar surface area (TPSA) is 282 Å². The van der Waals surface area contributed by atoms with Crippen molar-refractivity contribution in [1.82, 2.24) is 0 Å². The Morgan fingerprint density at radius 3 is 0.598 bits per heavy atom. The van der Waals surface area contributed by atoms with Crippen LogP contribution in [-0.4, -0.2) is 54.5 Å². The van der Waals surface area contributed by atoms with Gasteiger partial charge in [-0.15, -0.1) is 0 Å². The minimum atomic E-state index is -1.04. The Balaban J connectivity index is 0.000000290. The summed E-state index contributed by atoms with van der Waals surface area (Å²) in [6.45, 7) is 1.12. The van der Waals surface area contributed by atoms with Crippen molar-refractivity contribution in [3.8, 4) is 92.0 Å². The maximum absolute atomic E-state index is 14.4. The summed E-state index contributed by atoms with van der Waals surface area (Å²) >= 11 is 0. The van der Waals surface area contributed by atoms with Gasteiger partial charge in [0.15, 0.2) is 80.5 Å². The van der Waals surface area contributed by atoms with Gasteiger partial charge in [-0.05, 0) is 106 Å². The minimum absolute atomic E-state index is 0.0114. The van der Waals surface area contributed by atoms with Gasteiger partial charge in [0.1, 0.15) is 39.6 Å². The summed E-state index contributed by atoms with van der Waals surface area (Å²) in [5, 5.41) is 56.8. The van der Waals surface area contributed by atoms with Gasteiger partial charge in [-0.3, -0.25) is 0 Å². The number of esters is 4. The normalized spacial score (nSPS) is 10.6. The second kappa shape index (κ2) is 33.9. The molecule has 12 aromatic carbocycles. The number of rotatable bonds is 26. The van der Waals surface area contributed by atoms with Gasteiger partial charge in [0.25, 0.3) is 0 Å². The number of benzene rings is 12. The minimum Gasteiger partial charge on any atom is -0.504 e. The van der Waals surface area contributed by atoms with E-state index in [0.717, 1.165) is 57.6 Å². The number of carbonyl (C=O) groups is 4. The molecule has 0 saturated heterocycles. The van der Waals surface area contributed by atoms with Crippen LogP contribution in [-0.2, 0) is 39.6 Å². The third kappa shape index (κ3) is 18.8. The van der Waals surface area contributed by atoms with Crippen LogP contribution in [0.2, 0.25) is 0 Å². The number of para-hydroxylation sites is 4. The lowest BCUT2D eigenvalue weighted by Crippen LogP contribution is -2.14. The third-order valence-corrected chi connectivity index (χ3v) is 15.0. The van der Waals surface area contributed by atoms with E-state index < -0.39 is 58.4 Å². The molecular weight excluding hydrogens is 1300 g/mol. The van der Waals surface area contributed by atoms with Crippen LogP contribution in [0.3, 0.4) is 0 Å². The van der Waals surface area contributed by atoms with E-state index in [9.17, 15) is 49.8 Å². The van der Waals surface area contributed by atoms with Gasteiger partial charge in [-0.2, -0.15) is 0 Å². The average molecular weight is 1370 g/mol.